The van der Waals surface area contributed by atoms with Crippen LogP contribution in [-0.4, -0.2) is 0 Å². The van der Waals surface area contributed by atoms with Crippen LogP contribution in [0.5, 0.6) is 0 Å². The second-order valence-electron chi connectivity index (χ2n) is 17.1. The van der Waals surface area contributed by atoms with Crippen LogP contribution in [-0.2, 0) is 29.2 Å². The topological polar surface area (TPSA) is 7.76 Å². The number of rotatable bonds is 6. The second kappa shape index (κ2) is 10.4. The van der Waals surface area contributed by atoms with E-state index in [0.29, 0.717) is 0 Å². The summed E-state index contributed by atoms with van der Waals surface area (Å²) < 4.78 is 21.8. The molecule has 10 rings (SSSR count). The van der Waals surface area contributed by atoms with E-state index in [1.165, 1.54) is 71.9 Å². The summed E-state index contributed by atoms with van der Waals surface area (Å²) in [7, 11) is 0. The van der Waals surface area contributed by atoms with Crippen molar-refractivity contribution in [2.75, 3.05) is 0 Å². The maximum atomic E-state index is 16.6. The first kappa shape index (κ1) is 31.4. The molecule has 4 heterocycles. The van der Waals surface area contributed by atoms with Gasteiger partial charge >= 0.3 is 0 Å². The van der Waals surface area contributed by atoms with E-state index in [2.05, 4.69) is 137 Å². The van der Waals surface area contributed by atoms with Gasteiger partial charge in [-0.15, -0.1) is 0 Å². The van der Waals surface area contributed by atoms with Gasteiger partial charge < -0.3 is 0 Å². The van der Waals surface area contributed by atoms with Crippen LogP contribution in [0.15, 0.2) is 85.2 Å². The number of hydrogen-bond acceptors (Lipinski definition) is 0. The van der Waals surface area contributed by atoms with Crippen LogP contribution in [0, 0.1) is 5.82 Å². The molecule has 4 aliphatic rings. The third-order valence-corrected chi connectivity index (χ3v) is 14.2. The van der Waals surface area contributed by atoms with E-state index < -0.39 is 5.41 Å². The van der Waals surface area contributed by atoms with Gasteiger partial charge in [-0.25, -0.2) is 4.39 Å². The van der Waals surface area contributed by atoms with Gasteiger partial charge in [-0.1, -0.05) is 109 Å². The molecule has 3 heteroatoms. The summed E-state index contributed by atoms with van der Waals surface area (Å²) in [5.41, 5.74) is 13.7. The summed E-state index contributed by atoms with van der Waals surface area (Å²) in [6.07, 6.45) is 10.1. The van der Waals surface area contributed by atoms with Crippen LogP contribution in [0.25, 0.3) is 44.1 Å². The monoisotopic (exact) mass is 672 g/mol. The number of benzene rings is 4. The Kier molecular flexibility index (Phi) is 6.38. The van der Waals surface area contributed by atoms with Gasteiger partial charge in [0.15, 0.2) is 25.0 Å². The Labute approximate surface area is 302 Å². The van der Waals surface area contributed by atoms with Crippen LogP contribution in [0.3, 0.4) is 0 Å². The van der Waals surface area contributed by atoms with Crippen molar-refractivity contribution in [2.24, 2.45) is 0 Å². The molecule has 2 aromatic heterocycles. The fourth-order valence-electron chi connectivity index (χ4n) is 11.7. The van der Waals surface area contributed by atoms with Crippen molar-refractivity contribution in [1.29, 1.82) is 0 Å². The molecular weight excluding hydrogens is 624 g/mol. The first-order valence-corrected chi connectivity index (χ1v) is 19.5. The van der Waals surface area contributed by atoms with Crippen LogP contribution >= 0.6 is 0 Å². The standard InChI is InChI=1S/C48H49FN2/c1-8-11-14-28-25-30-22-24-51-44-39(30)36(26-28)47(6,7)42-37(49)20-19-35(41(42)44)48(9-2,10-3)45(51)32-27-50-23-21-29-15-12-17-33-38(29)43(50)40-31(32)16-13-18-34(40)46(33,4)5/h12-13,15-26,32,45H,8-11,14,27H2,1-7H3/q+2. The first-order valence-electron chi connectivity index (χ1n) is 19.5. The highest BCUT2D eigenvalue weighted by Gasteiger charge is 2.60. The molecule has 0 saturated heterocycles. The summed E-state index contributed by atoms with van der Waals surface area (Å²) in [4.78, 5) is 0. The number of aromatic nitrogens is 2. The van der Waals surface area contributed by atoms with Crippen molar-refractivity contribution in [3.8, 4) is 22.5 Å². The summed E-state index contributed by atoms with van der Waals surface area (Å²) in [5.74, 6) is 0.147. The molecule has 0 amide bonds. The fraction of sp³-hybridized carbons (Fsp3) is 0.375. The quantitative estimate of drug-likeness (QED) is 0.156. The highest BCUT2D eigenvalue weighted by molar-refractivity contribution is 6.03. The zero-order valence-electron chi connectivity index (χ0n) is 31.3. The fourth-order valence-corrected chi connectivity index (χ4v) is 11.7. The smallest absolute Gasteiger partial charge is 0.207 e. The lowest BCUT2D eigenvalue weighted by Crippen LogP contribution is -2.61. The number of unbranched alkanes of at least 4 members (excludes halogenated alkanes) is 1. The first-order chi connectivity index (χ1) is 24.6. The molecule has 4 aromatic carbocycles. The summed E-state index contributed by atoms with van der Waals surface area (Å²) in [5, 5.41) is 5.35. The molecule has 0 spiro atoms. The Balaban J connectivity index is 1.31. The predicted octanol–water partition coefficient (Wildman–Crippen LogP) is 11.1. The lowest BCUT2D eigenvalue weighted by atomic mass is 9.57. The van der Waals surface area contributed by atoms with Gasteiger partial charge in [0.25, 0.3) is 0 Å². The normalized spacial score (nSPS) is 20.5. The third kappa shape index (κ3) is 3.73. The van der Waals surface area contributed by atoms with Crippen LogP contribution < -0.4 is 9.13 Å². The van der Waals surface area contributed by atoms with Crippen molar-refractivity contribution in [3.63, 3.8) is 0 Å². The van der Waals surface area contributed by atoms with Gasteiger partial charge in [-0.05, 0) is 75.9 Å². The Bertz CT molecular complexity index is 2500. The van der Waals surface area contributed by atoms with Crippen LogP contribution in [0.1, 0.15) is 125 Å². The van der Waals surface area contributed by atoms with Gasteiger partial charge in [0.05, 0.1) is 27.3 Å². The minimum atomic E-state index is -0.454. The van der Waals surface area contributed by atoms with Crippen molar-refractivity contribution >= 4 is 21.5 Å². The zero-order valence-corrected chi connectivity index (χ0v) is 31.3. The lowest BCUT2D eigenvalue weighted by Gasteiger charge is -2.48. The van der Waals surface area contributed by atoms with E-state index in [0.717, 1.165) is 49.8 Å². The third-order valence-electron chi connectivity index (χ3n) is 14.2. The van der Waals surface area contributed by atoms with Crippen molar-refractivity contribution < 1.29 is 13.5 Å². The van der Waals surface area contributed by atoms with Gasteiger partial charge in [0, 0.05) is 28.5 Å². The van der Waals surface area contributed by atoms with E-state index >= 15 is 4.39 Å². The molecule has 0 bridgehead atoms. The van der Waals surface area contributed by atoms with E-state index in [9.17, 15) is 0 Å². The highest BCUT2D eigenvalue weighted by Crippen LogP contribution is 2.61. The number of halogens is 1. The molecule has 2 aliphatic heterocycles. The maximum Gasteiger partial charge on any atom is 0.221 e. The largest absolute Gasteiger partial charge is 0.221 e. The lowest BCUT2D eigenvalue weighted by molar-refractivity contribution is -0.748. The predicted molar refractivity (Wildman–Crippen MR) is 206 cm³/mol. The average Bonchev–Trinajstić information content (AvgIpc) is 3.13. The molecule has 0 N–H and O–H groups in total. The summed E-state index contributed by atoms with van der Waals surface area (Å²) >= 11 is 0. The number of pyridine rings is 2. The number of hydrogen-bond donors (Lipinski definition) is 0. The van der Waals surface area contributed by atoms with Gasteiger partial charge in [-0.3, -0.25) is 0 Å². The second-order valence-corrected chi connectivity index (χ2v) is 17.1. The van der Waals surface area contributed by atoms with Gasteiger partial charge in [-0.2, -0.15) is 9.13 Å². The minimum absolute atomic E-state index is 0.0735. The van der Waals surface area contributed by atoms with E-state index in [1.54, 1.807) is 6.07 Å². The number of aryl methyl sites for hydroxylation is 1. The molecule has 0 radical (unpaired) electrons. The summed E-state index contributed by atoms with van der Waals surface area (Å²) in [6, 6.07) is 27.7. The maximum absolute atomic E-state index is 16.6. The summed E-state index contributed by atoms with van der Waals surface area (Å²) in [6.45, 7) is 17.3. The average molecular weight is 673 g/mol. The molecule has 51 heavy (non-hydrogen) atoms. The molecule has 2 aliphatic carbocycles. The molecule has 0 fully saturated rings. The Morgan fingerprint density at radius 3 is 2.24 bits per heavy atom. The van der Waals surface area contributed by atoms with E-state index in [4.69, 9.17) is 0 Å². The van der Waals surface area contributed by atoms with Crippen molar-refractivity contribution in [3.05, 3.63) is 130 Å². The minimum Gasteiger partial charge on any atom is -0.207 e. The molecular formula is C48H49FN2+2. The number of nitrogens with zero attached hydrogens (tertiary/aromatic N) is 2. The zero-order chi connectivity index (χ0) is 35.2. The Morgan fingerprint density at radius 2 is 1.45 bits per heavy atom. The molecule has 2 atom stereocenters. The Hall–Kier alpha value is -4.37. The van der Waals surface area contributed by atoms with Crippen molar-refractivity contribution in [1.82, 2.24) is 0 Å². The van der Waals surface area contributed by atoms with Gasteiger partial charge in [0.1, 0.15) is 11.7 Å². The van der Waals surface area contributed by atoms with Crippen LogP contribution in [0.4, 0.5) is 4.39 Å². The van der Waals surface area contributed by atoms with Gasteiger partial charge in [0.2, 0.25) is 11.4 Å². The van der Waals surface area contributed by atoms with E-state index in [1.807, 2.05) is 0 Å². The van der Waals surface area contributed by atoms with Crippen LogP contribution in [0.2, 0.25) is 0 Å². The molecule has 256 valence electrons. The molecule has 2 unspecified atom stereocenters. The van der Waals surface area contributed by atoms with E-state index in [-0.39, 0.29) is 28.6 Å². The SMILES string of the molecule is CCCCc1cc2c3c4[n+](ccc3c1)C(C1C[n+]3ccc5cccc6c5c3-c3c1cccc3C6(C)C)C(CC)(CC)c1ccc(F)c(c1-4)C2(C)C. The van der Waals surface area contributed by atoms with Crippen molar-refractivity contribution in [2.45, 2.75) is 115 Å². The Morgan fingerprint density at radius 1 is 0.706 bits per heavy atom. The molecule has 2 nitrogen and oxygen atoms in total. The molecule has 6 aromatic rings. The highest BCUT2D eigenvalue weighted by atomic mass is 19.1. The molecule has 0 saturated carbocycles.